The third kappa shape index (κ3) is 12.2. The summed E-state index contributed by atoms with van der Waals surface area (Å²) in [6.07, 6.45) is 7.03. The molecule has 5 heterocycles. The molecule has 0 radical (unpaired) electrons. The van der Waals surface area contributed by atoms with Crippen molar-refractivity contribution in [1.82, 2.24) is 26.2 Å². The van der Waals surface area contributed by atoms with E-state index in [4.69, 9.17) is 23.9 Å². The predicted octanol–water partition coefficient (Wildman–Crippen LogP) is 6.20. The number of likely N-dealkylation sites (tertiary alicyclic amines) is 1. The number of ketones is 2. The Kier molecular flexibility index (Phi) is 17.9. The maximum absolute atomic E-state index is 15.0. The van der Waals surface area contributed by atoms with E-state index >= 15 is 0 Å². The lowest BCUT2D eigenvalue weighted by Gasteiger charge is -2.38. The van der Waals surface area contributed by atoms with Gasteiger partial charge in [-0.25, -0.2) is 0 Å². The molecule has 9 rings (SSSR count). The first kappa shape index (κ1) is 58.0. The molecule has 1 saturated carbocycles. The number of methoxy groups -OCH3 is 1. The number of aromatic hydroxyl groups is 1. The average molecular weight is 1080 g/mol. The van der Waals surface area contributed by atoms with Gasteiger partial charge in [0.1, 0.15) is 35.4 Å². The SMILES string of the molecule is CO[C@H]1/C=C/O[C@@]2(C)Oc3c(C)c(O)c4c(c3C2=O)C2=NC3(CCN(CC(C)C)CC3)NC2=C(NC(=O)/C(C)=C\C=C\[C@H](C)[C@H](O)[C@@H](C)[C@@H](O)[C@@H](C)[C@H](OC(=O)CC(=O)NC2CCC(NCc3ccccc3)CC2)[C@@H]1C)C4=O. The normalized spacial score (nSPS) is 32.0. The number of allylic oxidation sites excluding steroid dienone is 4. The van der Waals surface area contributed by atoms with Crippen LogP contribution >= 0.6 is 0 Å². The molecule has 0 aromatic heterocycles. The fourth-order valence-corrected chi connectivity index (χ4v) is 12.0. The van der Waals surface area contributed by atoms with Crippen LogP contribution in [0.15, 0.2) is 82.9 Å². The van der Waals surface area contributed by atoms with Crippen LogP contribution < -0.4 is 26.0 Å². The minimum Gasteiger partial charge on any atom is -0.507 e. The monoisotopic (exact) mass is 1080 g/mol. The topological polar surface area (TPSA) is 247 Å². The standard InChI is InChI=1S/C60H80N6O12/c1-32(2)31-66-26-24-60(25-27-66)64-48-45-46-53(71)38(8)56-47(45)57(73)59(9,78-56)76-28-23-42(75-10)35(5)55(77-44(68)29-43(67)62-41-21-19-40(20-22-41)61-30-39-17-12-11-13-18-39)37(7)52(70)36(6)51(69)33(3)15-14-16-34(4)58(74)63-50(54(46)72)49(48)65-60/h11-18,23,28,32-33,35-37,40-42,51-52,55,61,65,69-71H,19-22,24-27,29-31H2,1-10H3,(H,62,67)(H,63,74)/b15-14+,28-23+,34-16-/t33-,35+,36+,37+,40?,41?,42-,51-,52+,55+,59-/m0/s1. The van der Waals surface area contributed by atoms with Crippen LogP contribution in [0.5, 0.6) is 11.5 Å². The number of rotatable bonds is 10. The van der Waals surface area contributed by atoms with Crippen molar-refractivity contribution in [2.45, 2.75) is 162 Å². The summed E-state index contributed by atoms with van der Waals surface area (Å²) in [5.74, 6) is -8.22. The van der Waals surface area contributed by atoms with E-state index < -0.39 is 101 Å². The highest BCUT2D eigenvalue weighted by molar-refractivity contribution is 6.34. The molecule has 1 saturated heterocycles. The number of hydrogen-bond donors (Lipinski definition) is 7. The molecular weight excluding hydrogens is 997 g/mol. The zero-order valence-electron chi connectivity index (χ0n) is 46.8. The maximum Gasteiger partial charge on any atom is 0.315 e. The van der Waals surface area contributed by atoms with Crippen LogP contribution in [0.25, 0.3) is 0 Å². The number of carbonyl (C=O) groups excluding carboxylic acids is 5. The van der Waals surface area contributed by atoms with Gasteiger partial charge in [0.15, 0.2) is 0 Å². The van der Waals surface area contributed by atoms with E-state index in [0.717, 1.165) is 38.8 Å². The van der Waals surface area contributed by atoms with E-state index in [9.17, 15) is 39.3 Å². The van der Waals surface area contributed by atoms with Crippen molar-refractivity contribution in [3.05, 3.63) is 106 Å². The number of Topliss-reactive ketones (excluding diaryl/α,β-unsaturated/α-hetero) is 2. The van der Waals surface area contributed by atoms with E-state index in [-0.39, 0.29) is 56.7 Å². The lowest BCUT2D eigenvalue weighted by molar-refractivity contribution is -0.164. The van der Waals surface area contributed by atoms with E-state index in [0.29, 0.717) is 37.9 Å². The second-order valence-electron chi connectivity index (χ2n) is 23.1. The average Bonchev–Trinajstić information content (AvgIpc) is 4.15. The fourth-order valence-electron chi connectivity index (χ4n) is 12.0. The maximum atomic E-state index is 15.0. The lowest BCUT2D eigenvalue weighted by atomic mass is 9.78. The van der Waals surface area contributed by atoms with Crippen molar-refractivity contribution in [3.63, 3.8) is 0 Å². The number of ether oxygens (including phenoxy) is 4. The largest absolute Gasteiger partial charge is 0.507 e. The highest BCUT2D eigenvalue weighted by atomic mass is 16.7. The number of piperidine rings is 1. The van der Waals surface area contributed by atoms with Gasteiger partial charge in [-0.15, -0.1) is 0 Å². The first-order chi connectivity index (χ1) is 37.0. The Morgan fingerprint density at radius 1 is 0.897 bits per heavy atom. The molecule has 2 amide bonds. The number of phenolic OH excluding ortho intramolecular Hbond substituents is 1. The van der Waals surface area contributed by atoms with Gasteiger partial charge in [-0.1, -0.05) is 90.1 Å². The molecule has 2 fully saturated rings. The number of carbonyl (C=O) groups is 5. The molecule has 422 valence electrons. The Morgan fingerprint density at radius 3 is 2.24 bits per heavy atom. The number of nitrogens with one attached hydrogen (secondary N) is 4. The minimum absolute atomic E-state index is 0.00261. The number of hydrogen-bond acceptors (Lipinski definition) is 16. The zero-order chi connectivity index (χ0) is 56.4. The van der Waals surface area contributed by atoms with Crippen LogP contribution in [0.2, 0.25) is 0 Å². The number of phenols is 1. The van der Waals surface area contributed by atoms with Gasteiger partial charge in [0.2, 0.25) is 11.7 Å². The number of aliphatic hydroxyl groups excluding tert-OH is 2. The summed E-state index contributed by atoms with van der Waals surface area (Å²) in [6, 6.07) is 10.4. The van der Waals surface area contributed by atoms with Gasteiger partial charge in [0, 0.05) is 106 Å². The summed E-state index contributed by atoms with van der Waals surface area (Å²) in [4.78, 5) is 78.8. The molecule has 5 aliphatic heterocycles. The Morgan fingerprint density at radius 2 is 1.58 bits per heavy atom. The minimum atomic E-state index is -2.04. The van der Waals surface area contributed by atoms with Gasteiger partial charge in [0.05, 0.1) is 47.1 Å². The number of nitrogens with zero attached hydrogens (tertiary/aromatic N) is 2. The molecule has 0 unspecified atom stereocenters. The number of aliphatic imine (C=N–C) groups is 1. The van der Waals surface area contributed by atoms with E-state index in [1.165, 1.54) is 38.9 Å². The van der Waals surface area contributed by atoms with Crippen LogP contribution in [-0.2, 0) is 35.1 Å². The fraction of sp³-hybridized carbons (Fsp3) is 0.567. The van der Waals surface area contributed by atoms with Crippen molar-refractivity contribution in [1.29, 1.82) is 0 Å². The zero-order valence-corrected chi connectivity index (χ0v) is 46.8. The first-order valence-electron chi connectivity index (χ1n) is 27.7. The molecule has 9 atom stereocenters. The molecule has 18 nitrogen and oxygen atoms in total. The van der Waals surface area contributed by atoms with Crippen molar-refractivity contribution < 1.29 is 58.2 Å². The summed E-state index contributed by atoms with van der Waals surface area (Å²) >= 11 is 0. The molecule has 1 spiro atoms. The highest BCUT2D eigenvalue weighted by Crippen LogP contribution is 2.50. The molecule has 2 aromatic rings. The van der Waals surface area contributed by atoms with Crippen molar-refractivity contribution in [2.24, 2.45) is 34.6 Å². The van der Waals surface area contributed by atoms with E-state index in [2.05, 4.69) is 52.1 Å². The second kappa shape index (κ2) is 24.0. The van der Waals surface area contributed by atoms with Gasteiger partial charge in [0.25, 0.3) is 11.7 Å². The number of esters is 1. The van der Waals surface area contributed by atoms with Crippen LogP contribution in [0, 0.1) is 36.5 Å². The Hall–Kier alpha value is -6.18. The number of benzene rings is 2. The molecular formula is C60H80N6O12. The Labute approximate surface area is 458 Å². The highest BCUT2D eigenvalue weighted by Gasteiger charge is 2.54. The number of amides is 2. The summed E-state index contributed by atoms with van der Waals surface area (Å²) in [5, 5.41) is 48.6. The van der Waals surface area contributed by atoms with Crippen molar-refractivity contribution in [3.8, 4) is 11.5 Å². The number of fused-ring (bicyclic) bond motifs is 13. The van der Waals surface area contributed by atoms with E-state index in [1.54, 1.807) is 52.8 Å². The predicted molar refractivity (Wildman–Crippen MR) is 293 cm³/mol. The smallest absolute Gasteiger partial charge is 0.315 e. The van der Waals surface area contributed by atoms with Gasteiger partial charge >= 0.3 is 11.8 Å². The molecule has 78 heavy (non-hydrogen) atoms. The Balaban J connectivity index is 1.08. The van der Waals surface area contributed by atoms with Crippen LogP contribution in [-0.4, -0.2) is 130 Å². The van der Waals surface area contributed by atoms with Crippen LogP contribution in [0.4, 0.5) is 0 Å². The second-order valence-corrected chi connectivity index (χ2v) is 23.1. The third-order valence-corrected chi connectivity index (χ3v) is 16.8. The lowest BCUT2D eigenvalue weighted by Crippen LogP contribution is -2.50. The quantitative estimate of drug-likeness (QED) is 0.103. The summed E-state index contributed by atoms with van der Waals surface area (Å²) < 4.78 is 24.7. The molecule has 2 aromatic carbocycles. The molecule has 18 heteroatoms. The van der Waals surface area contributed by atoms with Crippen molar-refractivity contribution >= 4 is 35.1 Å². The molecule has 7 N–H and O–H groups in total. The van der Waals surface area contributed by atoms with Crippen molar-refractivity contribution in [2.75, 3.05) is 26.7 Å². The summed E-state index contributed by atoms with van der Waals surface area (Å²) in [6.45, 7) is 18.8. The van der Waals surface area contributed by atoms with Gasteiger partial charge < -0.3 is 60.4 Å². The van der Waals surface area contributed by atoms with Crippen LogP contribution in [0.1, 0.15) is 138 Å². The first-order valence-corrected chi connectivity index (χ1v) is 27.7. The Bertz CT molecular complexity index is 2770. The summed E-state index contributed by atoms with van der Waals surface area (Å²) in [7, 11) is 1.44. The number of aliphatic hydroxyl groups is 2. The van der Waals surface area contributed by atoms with Gasteiger partial charge in [-0.3, -0.25) is 29.0 Å². The van der Waals surface area contributed by atoms with Gasteiger partial charge in [-0.2, -0.15) is 0 Å². The molecule has 7 aliphatic rings. The van der Waals surface area contributed by atoms with Crippen LogP contribution in [0.3, 0.4) is 0 Å². The molecule has 2 aliphatic carbocycles. The summed E-state index contributed by atoms with van der Waals surface area (Å²) in [5.41, 5.74) is 0.793. The third-order valence-electron chi connectivity index (χ3n) is 16.8. The van der Waals surface area contributed by atoms with Gasteiger partial charge in [-0.05, 0) is 57.1 Å². The molecule has 5 bridgehead atoms. The van der Waals surface area contributed by atoms with E-state index in [1.807, 2.05) is 18.2 Å².